The van der Waals surface area contributed by atoms with Crippen LogP contribution >= 0.6 is 23.1 Å². The zero-order valence-electron chi connectivity index (χ0n) is 14.7. The molecule has 3 heterocycles. The average molecular weight is 407 g/mol. The van der Waals surface area contributed by atoms with Gasteiger partial charge in [-0.1, -0.05) is 35.2 Å². The summed E-state index contributed by atoms with van der Waals surface area (Å²) < 4.78 is 20.9. The Morgan fingerprint density at radius 1 is 1.22 bits per heavy atom. The molecule has 0 spiro atoms. The molecule has 10 heteroatoms. The monoisotopic (exact) mass is 406 g/mol. The van der Waals surface area contributed by atoms with E-state index in [-0.39, 0.29) is 17.0 Å². The number of halogens is 1. The Kier molecular flexibility index (Phi) is 5.37. The van der Waals surface area contributed by atoms with E-state index in [0.29, 0.717) is 15.7 Å². The highest BCUT2D eigenvalue weighted by Crippen LogP contribution is 2.38. The maximum absolute atomic E-state index is 14.0. The fourth-order valence-corrected chi connectivity index (χ4v) is 4.80. The molecule has 0 aliphatic carbocycles. The van der Waals surface area contributed by atoms with Crippen LogP contribution in [-0.4, -0.2) is 38.3 Å². The van der Waals surface area contributed by atoms with Crippen molar-refractivity contribution < 1.29 is 9.13 Å². The minimum absolute atomic E-state index is 0.0305. The maximum Gasteiger partial charge on any atom is 0.210 e. The Morgan fingerprint density at radius 2 is 2.00 bits per heavy atom. The van der Waals surface area contributed by atoms with E-state index in [9.17, 15) is 4.39 Å². The molecule has 1 fully saturated rings. The first-order valence-corrected chi connectivity index (χ1v) is 10.4. The van der Waals surface area contributed by atoms with Gasteiger partial charge in [0, 0.05) is 24.7 Å². The van der Waals surface area contributed by atoms with Crippen LogP contribution in [0.5, 0.6) is 0 Å². The lowest BCUT2D eigenvalue weighted by molar-refractivity contribution is 0.0830. The number of hydrogen-bond donors (Lipinski definition) is 1. The third kappa shape index (κ3) is 3.83. The highest BCUT2D eigenvalue weighted by atomic mass is 32.2. The van der Waals surface area contributed by atoms with Crippen LogP contribution in [0.15, 0.2) is 29.4 Å². The van der Waals surface area contributed by atoms with Gasteiger partial charge in [-0.25, -0.2) is 9.07 Å². The molecule has 1 atom stereocenters. The van der Waals surface area contributed by atoms with Gasteiger partial charge in [0.2, 0.25) is 5.16 Å². The molecule has 3 aromatic rings. The predicted molar refractivity (Wildman–Crippen MR) is 103 cm³/mol. The molecule has 27 heavy (non-hydrogen) atoms. The largest absolute Gasteiger partial charge is 0.381 e. The van der Waals surface area contributed by atoms with E-state index in [1.807, 2.05) is 6.92 Å². The van der Waals surface area contributed by atoms with Gasteiger partial charge in [-0.2, -0.15) is 0 Å². The smallest absolute Gasteiger partial charge is 0.210 e. The molecule has 1 aliphatic rings. The lowest BCUT2D eigenvalue weighted by atomic mass is 10.00. The van der Waals surface area contributed by atoms with E-state index in [2.05, 4.69) is 20.4 Å². The van der Waals surface area contributed by atoms with Gasteiger partial charge in [0.05, 0.1) is 5.25 Å². The topological polar surface area (TPSA) is 91.7 Å². The number of nitrogens with two attached hydrogens (primary N) is 1. The Bertz CT molecular complexity index is 924. The van der Waals surface area contributed by atoms with Crippen molar-refractivity contribution in [1.82, 2.24) is 25.1 Å². The first kappa shape index (κ1) is 18.3. The quantitative estimate of drug-likeness (QED) is 0.513. The van der Waals surface area contributed by atoms with Crippen LogP contribution in [0, 0.1) is 5.82 Å². The van der Waals surface area contributed by atoms with Crippen molar-refractivity contribution in [2.45, 2.75) is 36.1 Å². The number of ether oxygens (including phenoxy) is 1. The van der Waals surface area contributed by atoms with Crippen molar-refractivity contribution >= 4 is 23.1 Å². The molecule has 2 N–H and O–H groups in total. The van der Waals surface area contributed by atoms with Crippen LogP contribution in [0.2, 0.25) is 0 Å². The molecule has 0 bridgehead atoms. The SMILES string of the molecule is C[C@H](Sc1nnc(C2CCOCC2)n1N)c1nnc(-c2ccccc2F)s1. The molecule has 142 valence electrons. The standard InChI is InChI=1S/C17H19FN6OS2/c1-10(15-21-22-16(27-15)12-4-2-3-5-13(12)18)26-17-23-20-14(24(17)19)11-6-8-25-9-7-11/h2-5,10-11H,6-9,19H2,1H3/t10-/m0/s1. The van der Waals surface area contributed by atoms with Crippen molar-refractivity contribution in [2.24, 2.45) is 0 Å². The molecule has 7 nitrogen and oxygen atoms in total. The summed E-state index contributed by atoms with van der Waals surface area (Å²) in [6.45, 7) is 3.44. The van der Waals surface area contributed by atoms with Gasteiger partial charge in [-0.05, 0) is 31.9 Å². The number of nitrogen functional groups attached to an aromatic ring is 1. The normalized spacial score (nSPS) is 16.5. The van der Waals surface area contributed by atoms with Gasteiger partial charge in [-0.3, -0.25) is 0 Å². The molecule has 0 unspecified atom stereocenters. The minimum Gasteiger partial charge on any atom is -0.381 e. The van der Waals surface area contributed by atoms with Crippen LogP contribution in [-0.2, 0) is 4.74 Å². The van der Waals surface area contributed by atoms with Gasteiger partial charge < -0.3 is 10.6 Å². The molecule has 4 rings (SSSR count). The molecule has 0 radical (unpaired) electrons. The van der Waals surface area contributed by atoms with Crippen LogP contribution in [0.1, 0.15) is 41.8 Å². The fourth-order valence-electron chi connectivity index (χ4n) is 2.95. The molecular formula is C17H19FN6OS2. The van der Waals surface area contributed by atoms with E-state index < -0.39 is 0 Å². The molecule has 1 saturated heterocycles. The Morgan fingerprint density at radius 3 is 2.78 bits per heavy atom. The lowest BCUT2D eigenvalue weighted by Crippen LogP contribution is -2.22. The summed E-state index contributed by atoms with van der Waals surface area (Å²) >= 11 is 2.84. The highest BCUT2D eigenvalue weighted by molar-refractivity contribution is 7.99. The first-order chi connectivity index (χ1) is 13.1. The second kappa shape index (κ2) is 7.91. The zero-order valence-corrected chi connectivity index (χ0v) is 16.3. The first-order valence-electron chi connectivity index (χ1n) is 8.66. The number of nitrogens with zero attached hydrogens (tertiary/aromatic N) is 5. The van der Waals surface area contributed by atoms with Crippen molar-refractivity contribution in [3.8, 4) is 10.6 Å². The van der Waals surface area contributed by atoms with Gasteiger partial charge in [0.1, 0.15) is 10.8 Å². The second-order valence-electron chi connectivity index (χ2n) is 6.28. The highest BCUT2D eigenvalue weighted by Gasteiger charge is 2.25. The second-order valence-corrected chi connectivity index (χ2v) is 8.60. The van der Waals surface area contributed by atoms with Gasteiger partial charge in [-0.15, -0.1) is 20.4 Å². The number of rotatable bonds is 5. The van der Waals surface area contributed by atoms with E-state index in [4.69, 9.17) is 10.6 Å². The number of hydrogen-bond acceptors (Lipinski definition) is 8. The van der Waals surface area contributed by atoms with Gasteiger partial charge >= 0.3 is 0 Å². The molecule has 2 aromatic heterocycles. The van der Waals surface area contributed by atoms with Crippen LogP contribution in [0.4, 0.5) is 4.39 Å². The lowest BCUT2D eigenvalue weighted by Gasteiger charge is -2.20. The van der Waals surface area contributed by atoms with Crippen LogP contribution in [0.3, 0.4) is 0 Å². The third-order valence-corrected chi connectivity index (χ3v) is 6.81. The molecular weight excluding hydrogens is 387 g/mol. The third-order valence-electron chi connectivity index (χ3n) is 4.45. The van der Waals surface area contributed by atoms with E-state index >= 15 is 0 Å². The fraction of sp³-hybridized carbons (Fsp3) is 0.412. The predicted octanol–water partition coefficient (Wildman–Crippen LogP) is 3.40. The summed E-state index contributed by atoms with van der Waals surface area (Å²) in [5, 5.41) is 18.8. The Labute approximate surface area is 164 Å². The minimum atomic E-state index is -0.302. The van der Waals surface area contributed by atoms with E-state index in [1.54, 1.807) is 22.9 Å². The summed E-state index contributed by atoms with van der Waals surface area (Å²) in [6.07, 6.45) is 1.80. The van der Waals surface area contributed by atoms with Crippen molar-refractivity contribution in [3.63, 3.8) is 0 Å². The zero-order chi connectivity index (χ0) is 18.8. The van der Waals surface area contributed by atoms with Crippen LogP contribution in [0.25, 0.3) is 10.6 Å². The van der Waals surface area contributed by atoms with Crippen molar-refractivity contribution in [3.05, 3.63) is 40.9 Å². The molecule has 0 amide bonds. The van der Waals surface area contributed by atoms with Crippen molar-refractivity contribution in [2.75, 3.05) is 19.1 Å². The summed E-state index contributed by atoms with van der Waals surface area (Å²) in [7, 11) is 0. The number of thioether (sulfide) groups is 1. The molecule has 1 aromatic carbocycles. The van der Waals surface area contributed by atoms with Gasteiger partial charge in [0.25, 0.3) is 0 Å². The summed E-state index contributed by atoms with van der Waals surface area (Å²) in [6, 6.07) is 6.56. The van der Waals surface area contributed by atoms with Crippen LogP contribution < -0.4 is 5.84 Å². The van der Waals surface area contributed by atoms with E-state index in [0.717, 1.165) is 36.9 Å². The van der Waals surface area contributed by atoms with E-state index in [1.165, 1.54) is 29.2 Å². The summed E-state index contributed by atoms with van der Waals surface area (Å²) in [5.41, 5.74) is 0.460. The van der Waals surface area contributed by atoms with Crippen molar-refractivity contribution in [1.29, 1.82) is 0 Å². The maximum atomic E-state index is 14.0. The number of benzene rings is 1. The Balaban J connectivity index is 1.49. The summed E-state index contributed by atoms with van der Waals surface area (Å²) in [4.78, 5) is 0. The summed E-state index contributed by atoms with van der Waals surface area (Å²) in [5.74, 6) is 6.98. The molecule has 1 aliphatic heterocycles. The average Bonchev–Trinajstić information content (AvgIpc) is 3.31. The number of aromatic nitrogens is 5. The molecule has 0 saturated carbocycles. The Hall–Kier alpha value is -2.04. The van der Waals surface area contributed by atoms with Gasteiger partial charge in [0.15, 0.2) is 10.8 Å².